The van der Waals surface area contributed by atoms with Crippen LogP contribution in [0.3, 0.4) is 0 Å². The molecule has 2 aromatic heterocycles. The summed E-state index contributed by atoms with van der Waals surface area (Å²) in [5.41, 5.74) is 4.32. The summed E-state index contributed by atoms with van der Waals surface area (Å²) in [6, 6.07) is 25.6. The van der Waals surface area contributed by atoms with E-state index in [0.717, 1.165) is 33.5 Å². The van der Waals surface area contributed by atoms with Gasteiger partial charge in [-0.2, -0.15) is 9.90 Å². The zero-order valence-electron chi connectivity index (χ0n) is 18.1. The van der Waals surface area contributed by atoms with Gasteiger partial charge in [-0.1, -0.05) is 48.5 Å². The fourth-order valence-electron chi connectivity index (χ4n) is 3.96. The van der Waals surface area contributed by atoms with E-state index in [2.05, 4.69) is 26.6 Å². The van der Waals surface area contributed by atoms with Gasteiger partial charge in [-0.05, 0) is 41.5 Å². The molecule has 0 aliphatic heterocycles. The lowest BCUT2D eigenvalue weighted by molar-refractivity contribution is 0.0947. The minimum absolute atomic E-state index is 0.0554. The van der Waals surface area contributed by atoms with Crippen LogP contribution in [-0.4, -0.2) is 39.5 Å². The maximum atomic E-state index is 12.9. The van der Waals surface area contributed by atoms with Crippen LogP contribution in [0.2, 0.25) is 0 Å². The Balaban J connectivity index is 1.40. The summed E-state index contributed by atoms with van der Waals surface area (Å²) in [5.74, 6) is 0.466. The Morgan fingerprint density at radius 1 is 1.03 bits per heavy atom. The van der Waals surface area contributed by atoms with Crippen LogP contribution < -0.4 is 10.1 Å². The number of carbonyl (C=O) groups excluding carboxylic acids is 1. The van der Waals surface area contributed by atoms with Crippen LogP contribution in [0, 0.1) is 0 Å². The second-order valence-corrected chi connectivity index (χ2v) is 7.68. The van der Waals surface area contributed by atoms with E-state index in [1.54, 1.807) is 7.11 Å². The minimum atomic E-state index is -0.268. The summed E-state index contributed by atoms with van der Waals surface area (Å²) in [6.07, 6.45) is 3.49. The molecule has 5 aromatic rings. The number of amides is 1. The van der Waals surface area contributed by atoms with Crippen LogP contribution in [0.15, 0.2) is 91.3 Å². The number of ether oxygens (including phenoxy) is 1. The van der Waals surface area contributed by atoms with Gasteiger partial charge in [-0.15, -0.1) is 5.10 Å². The molecule has 3 aromatic carbocycles. The molecule has 0 aliphatic rings. The molecular weight excluding hydrogens is 414 g/mol. The molecule has 33 heavy (non-hydrogen) atoms. The molecule has 1 atom stereocenters. The molecule has 1 unspecified atom stereocenters. The second-order valence-electron chi connectivity index (χ2n) is 7.68. The zero-order valence-corrected chi connectivity index (χ0v) is 18.1. The van der Waals surface area contributed by atoms with Gasteiger partial charge in [0.2, 0.25) is 0 Å². The van der Waals surface area contributed by atoms with E-state index >= 15 is 0 Å². The molecule has 7 heteroatoms. The van der Waals surface area contributed by atoms with Crippen molar-refractivity contribution < 1.29 is 9.53 Å². The normalized spacial score (nSPS) is 11.9. The second kappa shape index (κ2) is 9.00. The van der Waals surface area contributed by atoms with Crippen LogP contribution >= 0.6 is 0 Å². The van der Waals surface area contributed by atoms with E-state index in [-0.39, 0.29) is 17.5 Å². The largest absolute Gasteiger partial charge is 0.497 e. The molecule has 0 aliphatic carbocycles. The van der Waals surface area contributed by atoms with E-state index in [9.17, 15) is 4.79 Å². The Labute approximate surface area is 191 Å². The number of aromatic nitrogens is 4. The van der Waals surface area contributed by atoms with Crippen molar-refractivity contribution in [2.45, 2.75) is 5.92 Å². The lowest BCUT2D eigenvalue weighted by Gasteiger charge is -2.18. The Bertz CT molecular complexity index is 1370. The van der Waals surface area contributed by atoms with Crippen LogP contribution in [0.5, 0.6) is 5.75 Å². The third-order valence-electron chi connectivity index (χ3n) is 5.69. The van der Waals surface area contributed by atoms with Gasteiger partial charge in [0, 0.05) is 29.6 Å². The molecule has 0 radical (unpaired) electrons. The Morgan fingerprint density at radius 2 is 1.79 bits per heavy atom. The minimum Gasteiger partial charge on any atom is -0.497 e. The summed E-state index contributed by atoms with van der Waals surface area (Å²) >= 11 is 0. The van der Waals surface area contributed by atoms with Crippen LogP contribution in [0.4, 0.5) is 0 Å². The Hall–Kier alpha value is -4.39. The SMILES string of the molecule is COc1ccc(C(CNC(=O)c2cnn(-c3ccccc3)n2)c2c[nH]c3ccccc23)cc1. The molecule has 2 N–H and O–H groups in total. The summed E-state index contributed by atoms with van der Waals surface area (Å²) in [6.45, 7) is 0.408. The summed E-state index contributed by atoms with van der Waals surface area (Å²) in [4.78, 5) is 17.7. The van der Waals surface area contributed by atoms with E-state index in [1.165, 1.54) is 11.0 Å². The number of fused-ring (bicyclic) bond motifs is 1. The highest BCUT2D eigenvalue weighted by Gasteiger charge is 2.20. The first-order valence-electron chi connectivity index (χ1n) is 10.7. The highest BCUT2D eigenvalue weighted by molar-refractivity contribution is 5.92. The third-order valence-corrected chi connectivity index (χ3v) is 5.69. The van der Waals surface area contributed by atoms with Crippen molar-refractivity contribution in [3.05, 3.63) is 108 Å². The number of rotatable bonds is 7. The number of hydrogen-bond donors (Lipinski definition) is 2. The average molecular weight is 438 g/mol. The van der Waals surface area contributed by atoms with Gasteiger partial charge in [-0.25, -0.2) is 0 Å². The van der Waals surface area contributed by atoms with Crippen molar-refractivity contribution in [3.63, 3.8) is 0 Å². The topological polar surface area (TPSA) is 84.8 Å². The first-order valence-corrected chi connectivity index (χ1v) is 10.7. The van der Waals surface area contributed by atoms with Gasteiger partial charge in [0.05, 0.1) is 19.0 Å². The molecule has 0 fully saturated rings. The predicted molar refractivity (Wildman–Crippen MR) is 127 cm³/mol. The van der Waals surface area contributed by atoms with Crippen molar-refractivity contribution in [3.8, 4) is 11.4 Å². The standard InChI is InChI=1S/C26H23N5O2/c1-33-20-13-11-18(12-14-20)22(23-16-27-24-10-6-5-9-21(23)24)15-28-26(32)25-17-29-31(30-25)19-7-3-2-4-8-19/h2-14,16-17,22,27H,15H2,1H3,(H,28,32). The fraction of sp³-hybridized carbons (Fsp3) is 0.115. The highest BCUT2D eigenvalue weighted by atomic mass is 16.5. The first-order chi connectivity index (χ1) is 16.2. The van der Waals surface area contributed by atoms with Crippen molar-refractivity contribution in [1.82, 2.24) is 25.3 Å². The molecule has 0 bridgehead atoms. The molecule has 7 nitrogen and oxygen atoms in total. The predicted octanol–water partition coefficient (Wildman–Crippen LogP) is 4.32. The summed E-state index contributed by atoms with van der Waals surface area (Å²) < 4.78 is 5.31. The van der Waals surface area contributed by atoms with Gasteiger partial charge < -0.3 is 15.0 Å². The monoisotopic (exact) mass is 437 g/mol. The highest BCUT2D eigenvalue weighted by Crippen LogP contribution is 2.31. The number of nitrogens with one attached hydrogen (secondary N) is 2. The number of benzene rings is 3. The van der Waals surface area contributed by atoms with Crippen LogP contribution in [0.1, 0.15) is 27.5 Å². The van der Waals surface area contributed by atoms with Gasteiger partial charge >= 0.3 is 0 Å². The summed E-state index contributed by atoms with van der Waals surface area (Å²) in [7, 11) is 1.65. The third kappa shape index (κ3) is 4.21. The fourth-order valence-corrected chi connectivity index (χ4v) is 3.96. The number of hydrogen-bond acceptors (Lipinski definition) is 4. The van der Waals surface area contributed by atoms with Gasteiger partial charge in [0.1, 0.15) is 5.75 Å². The molecule has 2 heterocycles. The zero-order chi connectivity index (χ0) is 22.6. The smallest absolute Gasteiger partial charge is 0.273 e. The molecule has 0 spiro atoms. The lowest BCUT2D eigenvalue weighted by atomic mass is 9.90. The van der Waals surface area contributed by atoms with Gasteiger partial charge in [-0.3, -0.25) is 4.79 Å². The van der Waals surface area contributed by atoms with Crippen LogP contribution in [0.25, 0.3) is 16.6 Å². The lowest BCUT2D eigenvalue weighted by Crippen LogP contribution is -2.29. The Kier molecular flexibility index (Phi) is 5.59. The van der Waals surface area contributed by atoms with Crippen molar-refractivity contribution in [2.75, 3.05) is 13.7 Å². The number of methoxy groups -OCH3 is 1. The number of carbonyl (C=O) groups is 1. The van der Waals surface area contributed by atoms with Crippen LogP contribution in [-0.2, 0) is 0 Å². The first kappa shape index (κ1) is 20.5. The summed E-state index contributed by atoms with van der Waals surface area (Å²) in [5, 5.41) is 12.7. The molecule has 5 rings (SSSR count). The molecule has 0 saturated heterocycles. The van der Waals surface area contributed by atoms with E-state index in [4.69, 9.17) is 4.74 Å². The number of nitrogens with zero attached hydrogens (tertiary/aromatic N) is 3. The quantitative estimate of drug-likeness (QED) is 0.397. The molecule has 164 valence electrons. The van der Waals surface area contributed by atoms with E-state index in [0.29, 0.717) is 6.54 Å². The van der Waals surface area contributed by atoms with E-state index < -0.39 is 0 Å². The van der Waals surface area contributed by atoms with Gasteiger partial charge in [0.15, 0.2) is 5.69 Å². The van der Waals surface area contributed by atoms with Crippen molar-refractivity contribution >= 4 is 16.8 Å². The average Bonchev–Trinajstić information content (AvgIpc) is 3.53. The molecule has 0 saturated carbocycles. The molecule has 1 amide bonds. The molecular formula is C26H23N5O2. The van der Waals surface area contributed by atoms with Crippen molar-refractivity contribution in [1.29, 1.82) is 0 Å². The number of aromatic amines is 1. The Morgan fingerprint density at radius 3 is 2.58 bits per heavy atom. The van der Waals surface area contributed by atoms with Crippen molar-refractivity contribution in [2.24, 2.45) is 0 Å². The maximum Gasteiger partial charge on any atom is 0.273 e. The van der Waals surface area contributed by atoms with E-state index in [1.807, 2.05) is 79.0 Å². The van der Waals surface area contributed by atoms with Gasteiger partial charge in [0.25, 0.3) is 5.91 Å². The number of para-hydroxylation sites is 2. The number of H-pyrrole nitrogens is 1. The maximum absolute atomic E-state index is 12.9.